The molecule has 0 unspecified atom stereocenters. The lowest BCUT2D eigenvalue weighted by Crippen LogP contribution is -2.08. The number of ether oxygens (including phenoxy) is 1. The third-order valence-corrected chi connectivity index (χ3v) is 1.95. The van der Waals surface area contributed by atoms with Gasteiger partial charge < -0.3 is 4.74 Å². The van der Waals surface area contributed by atoms with E-state index in [1.165, 1.54) is 12.1 Å². The van der Waals surface area contributed by atoms with Crippen LogP contribution in [0.5, 0.6) is 0 Å². The van der Waals surface area contributed by atoms with Crippen molar-refractivity contribution in [3.05, 3.63) is 35.4 Å². The van der Waals surface area contributed by atoms with Gasteiger partial charge in [-0.25, -0.2) is 0 Å². The van der Waals surface area contributed by atoms with E-state index < -0.39 is 11.7 Å². The minimum Gasteiger partial charge on any atom is -0.368 e. The molecule has 1 aliphatic rings. The van der Waals surface area contributed by atoms with E-state index >= 15 is 0 Å². The molecule has 1 saturated heterocycles. The predicted molar refractivity (Wildman–Crippen MR) is 40.1 cm³/mol. The van der Waals surface area contributed by atoms with Gasteiger partial charge in [-0.15, -0.1) is 0 Å². The highest BCUT2D eigenvalue weighted by Gasteiger charge is 2.38. The number of hydrogen-bond acceptors (Lipinski definition) is 1. The molecule has 1 fully saturated rings. The van der Waals surface area contributed by atoms with Gasteiger partial charge in [-0.3, -0.25) is 0 Å². The van der Waals surface area contributed by atoms with Crippen molar-refractivity contribution >= 4 is 0 Å². The molecule has 0 aromatic heterocycles. The van der Waals surface area contributed by atoms with Crippen molar-refractivity contribution < 1.29 is 17.9 Å². The summed E-state index contributed by atoms with van der Waals surface area (Å²) in [6.07, 6.45) is -4.62. The van der Waals surface area contributed by atoms with Crippen LogP contribution in [0.3, 0.4) is 0 Å². The second-order valence-corrected chi connectivity index (χ2v) is 2.91. The Morgan fingerprint density at radius 1 is 1.23 bits per heavy atom. The number of alkyl halides is 3. The number of halogens is 3. The molecule has 0 bridgehead atoms. The highest BCUT2D eigenvalue weighted by Crippen LogP contribution is 2.39. The highest BCUT2D eigenvalue weighted by molar-refractivity contribution is 5.33. The first-order chi connectivity index (χ1) is 6.09. The van der Waals surface area contributed by atoms with Gasteiger partial charge in [0, 0.05) is 0 Å². The summed E-state index contributed by atoms with van der Waals surface area (Å²) >= 11 is 0. The Morgan fingerprint density at radius 3 is 2.38 bits per heavy atom. The number of hydrogen-bond donors (Lipinski definition) is 0. The fourth-order valence-electron chi connectivity index (χ4n) is 1.26. The van der Waals surface area contributed by atoms with Crippen LogP contribution in [0.25, 0.3) is 0 Å². The standard InChI is InChI=1S/C9H7F3O/c10-9(11,12)7-4-2-1-3-6(7)8-5-13-8/h1-4,8H,5H2/t8-/m0/s1. The van der Waals surface area contributed by atoms with E-state index in [0.29, 0.717) is 6.61 Å². The third-order valence-electron chi connectivity index (χ3n) is 1.95. The van der Waals surface area contributed by atoms with Gasteiger partial charge in [-0.05, 0) is 11.6 Å². The summed E-state index contributed by atoms with van der Waals surface area (Å²) < 4.78 is 42.0. The van der Waals surface area contributed by atoms with Crippen molar-refractivity contribution in [3.63, 3.8) is 0 Å². The molecule has 4 heteroatoms. The lowest BCUT2D eigenvalue weighted by atomic mass is 10.0. The summed E-state index contributed by atoms with van der Waals surface area (Å²) in [5, 5.41) is 0. The van der Waals surface area contributed by atoms with Gasteiger partial charge in [0.15, 0.2) is 0 Å². The Balaban J connectivity index is 2.43. The van der Waals surface area contributed by atoms with E-state index in [0.717, 1.165) is 6.07 Å². The van der Waals surface area contributed by atoms with Gasteiger partial charge in [-0.1, -0.05) is 18.2 Å². The van der Waals surface area contributed by atoms with E-state index in [1.54, 1.807) is 6.07 Å². The topological polar surface area (TPSA) is 12.5 Å². The van der Waals surface area contributed by atoms with Crippen LogP contribution in [0.2, 0.25) is 0 Å². The predicted octanol–water partition coefficient (Wildman–Crippen LogP) is 2.78. The first kappa shape index (κ1) is 8.56. The molecule has 70 valence electrons. The third kappa shape index (κ3) is 1.67. The van der Waals surface area contributed by atoms with Crippen molar-refractivity contribution in [3.8, 4) is 0 Å². The Morgan fingerprint density at radius 2 is 1.85 bits per heavy atom. The molecule has 1 aromatic carbocycles. The first-order valence-electron chi connectivity index (χ1n) is 3.87. The normalized spacial score (nSPS) is 21.6. The summed E-state index contributed by atoms with van der Waals surface area (Å²) in [5.41, 5.74) is -0.340. The van der Waals surface area contributed by atoms with Crippen molar-refractivity contribution in [1.29, 1.82) is 0 Å². The first-order valence-corrected chi connectivity index (χ1v) is 3.87. The SMILES string of the molecule is FC(F)(F)c1ccccc1[C@@H]1CO1. The van der Waals surface area contributed by atoms with Crippen molar-refractivity contribution in [2.45, 2.75) is 12.3 Å². The second kappa shape index (κ2) is 2.73. The van der Waals surface area contributed by atoms with E-state index in [1.807, 2.05) is 0 Å². The van der Waals surface area contributed by atoms with Crippen LogP contribution in [-0.4, -0.2) is 6.61 Å². The van der Waals surface area contributed by atoms with Crippen molar-refractivity contribution in [2.24, 2.45) is 0 Å². The summed E-state index contributed by atoms with van der Waals surface area (Å²) in [4.78, 5) is 0. The highest BCUT2D eigenvalue weighted by atomic mass is 19.4. The van der Waals surface area contributed by atoms with Crippen LogP contribution in [-0.2, 0) is 10.9 Å². The van der Waals surface area contributed by atoms with Gasteiger partial charge in [-0.2, -0.15) is 13.2 Å². The molecule has 1 aromatic rings. The van der Waals surface area contributed by atoms with Crippen molar-refractivity contribution in [1.82, 2.24) is 0 Å². The van der Waals surface area contributed by atoms with Crippen LogP contribution in [0.4, 0.5) is 13.2 Å². The zero-order valence-electron chi connectivity index (χ0n) is 6.64. The quantitative estimate of drug-likeness (QED) is 0.617. The maximum atomic E-state index is 12.4. The monoisotopic (exact) mass is 188 g/mol. The fourth-order valence-corrected chi connectivity index (χ4v) is 1.26. The van der Waals surface area contributed by atoms with Gasteiger partial charge in [0.2, 0.25) is 0 Å². The smallest absolute Gasteiger partial charge is 0.368 e. The minimum atomic E-state index is -4.28. The molecule has 0 aliphatic carbocycles. The van der Waals surface area contributed by atoms with Crippen LogP contribution in [0.1, 0.15) is 17.2 Å². The van der Waals surface area contributed by atoms with Crippen LogP contribution in [0, 0.1) is 0 Å². The summed E-state index contributed by atoms with van der Waals surface area (Å²) in [6.45, 7) is 0.396. The lowest BCUT2D eigenvalue weighted by Gasteiger charge is -2.10. The molecule has 1 nitrogen and oxygen atoms in total. The van der Waals surface area contributed by atoms with E-state index in [4.69, 9.17) is 4.74 Å². The van der Waals surface area contributed by atoms with Gasteiger partial charge in [0.1, 0.15) is 6.10 Å². The average Bonchev–Trinajstić information content (AvgIpc) is 2.85. The average molecular weight is 188 g/mol. The number of benzene rings is 1. The molecule has 1 aliphatic heterocycles. The molecular formula is C9H7F3O. The molecule has 2 rings (SSSR count). The molecule has 0 N–H and O–H groups in total. The molecule has 0 radical (unpaired) electrons. The molecule has 1 heterocycles. The number of rotatable bonds is 1. The summed E-state index contributed by atoms with van der Waals surface area (Å²) in [7, 11) is 0. The Hall–Kier alpha value is -1.03. The Kier molecular flexibility index (Phi) is 1.80. The Labute approximate surface area is 73.1 Å². The van der Waals surface area contributed by atoms with E-state index in [2.05, 4.69) is 0 Å². The van der Waals surface area contributed by atoms with E-state index in [-0.39, 0.29) is 11.7 Å². The van der Waals surface area contributed by atoms with E-state index in [9.17, 15) is 13.2 Å². The summed E-state index contributed by atoms with van der Waals surface area (Å²) in [5.74, 6) is 0. The minimum absolute atomic E-state index is 0.245. The maximum Gasteiger partial charge on any atom is 0.416 e. The molecule has 13 heavy (non-hydrogen) atoms. The van der Waals surface area contributed by atoms with Gasteiger partial charge >= 0.3 is 6.18 Å². The molecule has 0 amide bonds. The van der Waals surface area contributed by atoms with Crippen LogP contribution >= 0.6 is 0 Å². The fraction of sp³-hybridized carbons (Fsp3) is 0.333. The number of epoxide rings is 1. The zero-order chi connectivity index (χ0) is 9.47. The lowest BCUT2D eigenvalue weighted by molar-refractivity contribution is -0.138. The van der Waals surface area contributed by atoms with Crippen LogP contribution < -0.4 is 0 Å². The molecule has 0 saturated carbocycles. The van der Waals surface area contributed by atoms with Crippen molar-refractivity contribution in [2.75, 3.05) is 6.61 Å². The Bertz CT molecular complexity index is 315. The molecule has 0 spiro atoms. The van der Waals surface area contributed by atoms with Gasteiger partial charge in [0.05, 0.1) is 12.2 Å². The zero-order valence-corrected chi connectivity index (χ0v) is 6.64. The van der Waals surface area contributed by atoms with Gasteiger partial charge in [0.25, 0.3) is 0 Å². The van der Waals surface area contributed by atoms with Crippen LogP contribution in [0.15, 0.2) is 24.3 Å². The molecule has 1 atom stereocenters. The largest absolute Gasteiger partial charge is 0.416 e. The second-order valence-electron chi connectivity index (χ2n) is 2.91. The molecular weight excluding hydrogens is 181 g/mol. The summed E-state index contributed by atoms with van der Waals surface area (Å²) in [6, 6.07) is 5.51. The maximum absolute atomic E-state index is 12.4.